The fourth-order valence-corrected chi connectivity index (χ4v) is 1.99. The van der Waals surface area contributed by atoms with Crippen molar-refractivity contribution in [2.75, 3.05) is 7.11 Å². The van der Waals surface area contributed by atoms with Gasteiger partial charge in [0.1, 0.15) is 10.0 Å². The lowest BCUT2D eigenvalue weighted by Gasteiger charge is -2.08. The van der Waals surface area contributed by atoms with Gasteiger partial charge in [-0.1, -0.05) is 23.2 Å². The molecule has 1 N–H and O–H groups in total. The minimum atomic E-state index is -0.667. The van der Waals surface area contributed by atoms with Crippen LogP contribution in [-0.2, 0) is 4.74 Å². The molecule has 94 valence electrons. The highest BCUT2D eigenvalue weighted by Crippen LogP contribution is 2.32. The Kier molecular flexibility index (Phi) is 3.19. The number of ether oxygens (including phenoxy) is 1. The molecule has 0 unspecified atom stereocenters. The van der Waals surface area contributed by atoms with E-state index in [2.05, 4.69) is 4.74 Å². The van der Waals surface area contributed by atoms with E-state index in [4.69, 9.17) is 23.2 Å². The summed E-state index contributed by atoms with van der Waals surface area (Å²) in [5.41, 5.74) is -0.250. The van der Waals surface area contributed by atoms with E-state index in [0.717, 1.165) is 4.40 Å². The Labute approximate surface area is 111 Å². The van der Waals surface area contributed by atoms with Crippen molar-refractivity contribution in [2.24, 2.45) is 0 Å². The average Bonchev–Trinajstić information content (AvgIpc) is 2.41. The fraction of sp³-hybridized carbons (Fsp3) is 0.0909. The summed E-state index contributed by atoms with van der Waals surface area (Å²) in [4.78, 5) is 23.2. The van der Waals surface area contributed by atoms with Crippen LogP contribution >= 0.6 is 23.2 Å². The van der Waals surface area contributed by atoms with Gasteiger partial charge in [0.2, 0.25) is 0 Å². The van der Waals surface area contributed by atoms with E-state index in [1.54, 1.807) is 0 Å². The summed E-state index contributed by atoms with van der Waals surface area (Å²) in [6, 6.07) is 2.85. The van der Waals surface area contributed by atoms with Gasteiger partial charge in [0, 0.05) is 6.20 Å². The molecule has 2 heterocycles. The number of aromatic hydroxyl groups is 1. The molecule has 0 saturated carbocycles. The van der Waals surface area contributed by atoms with E-state index in [9.17, 15) is 14.7 Å². The van der Waals surface area contributed by atoms with Crippen molar-refractivity contribution in [3.05, 3.63) is 44.3 Å². The number of hydrogen-bond acceptors (Lipinski definition) is 4. The van der Waals surface area contributed by atoms with Crippen molar-refractivity contribution in [2.45, 2.75) is 0 Å². The molecular weight excluding hydrogens is 281 g/mol. The lowest BCUT2D eigenvalue weighted by molar-refractivity contribution is 0.0600. The van der Waals surface area contributed by atoms with E-state index in [0.29, 0.717) is 0 Å². The summed E-state index contributed by atoms with van der Waals surface area (Å²) < 4.78 is 5.62. The second-order valence-corrected chi connectivity index (χ2v) is 4.20. The van der Waals surface area contributed by atoms with Crippen molar-refractivity contribution >= 4 is 34.7 Å². The van der Waals surface area contributed by atoms with Crippen LogP contribution in [0.3, 0.4) is 0 Å². The lowest BCUT2D eigenvalue weighted by Crippen LogP contribution is -2.16. The molecule has 0 bridgehead atoms. The summed E-state index contributed by atoms with van der Waals surface area (Å²) in [6.45, 7) is 0. The summed E-state index contributed by atoms with van der Waals surface area (Å²) in [7, 11) is 1.23. The minimum absolute atomic E-state index is 0.0592. The maximum Gasteiger partial charge on any atom is 0.339 e. The van der Waals surface area contributed by atoms with E-state index in [1.807, 2.05) is 0 Å². The molecule has 2 rings (SSSR count). The van der Waals surface area contributed by atoms with Crippen LogP contribution in [0.4, 0.5) is 0 Å². The number of carbonyl (C=O) groups is 1. The molecule has 0 atom stereocenters. The van der Waals surface area contributed by atoms with Gasteiger partial charge in [-0.3, -0.25) is 9.20 Å². The zero-order valence-electron chi connectivity index (χ0n) is 9.11. The number of carbonyl (C=O) groups excluding carboxylic acids is 1. The molecular formula is C11H7Cl2NO4. The van der Waals surface area contributed by atoms with Crippen LogP contribution in [-0.4, -0.2) is 22.6 Å². The van der Waals surface area contributed by atoms with Crippen molar-refractivity contribution in [3.8, 4) is 5.75 Å². The van der Waals surface area contributed by atoms with E-state index < -0.39 is 22.3 Å². The van der Waals surface area contributed by atoms with Crippen LogP contribution in [0.2, 0.25) is 10.0 Å². The van der Waals surface area contributed by atoms with Crippen molar-refractivity contribution < 1.29 is 14.6 Å². The highest BCUT2D eigenvalue weighted by atomic mass is 35.5. The first-order chi connectivity index (χ1) is 8.47. The number of halogens is 2. The zero-order valence-corrected chi connectivity index (χ0v) is 10.6. The molecule has 0 aliphatic heterocycles. The SMILES string of the molecule is COC(=O)c1ccc2c(Cl)c(O)c(Cl)c(=O)n2c1. The number of esters is 1. The lowest BCUT2D eigenvalue weighted by atomic mass is 10.2. The molecule has 5 nitrogen and oxygen atoms in total. The molecule has 7 heteroatoms. The normalized spacial score (nSPS) is 10.6. The first kappa shape index (κ1) is 12.7. The molecule has 0 radical (unpaired) electrons. The standard InChI is InChI=1S/C11H7Cl2NO4/c1-18-11(17)5-2-3-6-7(12)9(15)8(13)10(16)14(6)4-5/h2-4,15H,1H3. The summed E-state index contributed by atoms with van der Waals surface area (Å²) in [5, 5.41) is 9.08. The number of nitrogens with zero attached hydrogens (tertiary/aromatic N) is 1. The van der Waals surface area contributed by atoms with Gasteiger partial charge in [-0.2, -0.15) is 0 Å². The average molecular weight is 288 g/mol. The molecule has 18 heavy (non-hydrogen) atoms. The van der Waals surface area contributed by atoms with Crippen LogP contribution in [0.25, 0.3) is 5.52 Å². The molecule has 0 spiro atoms. The van der Waals surface area contributed by atoms with Gasteiger partial charge in [-0.05, 0) is 12.1 Å². The van der Waals surface area contributed by atoms with E-state index in [1.165, 1.54) is 25.4 Å². The molecule has 0 aliphatic carbocycles. The van der Waals surface area contributed by atoms with E-state index >= 15 is 0 Å². The molecule has 0 fully saturated rings. The minimum Gasteiger partial charge on any atom is -0.505 e. The predicted octanol–water partition coefficient (Wildman–Crippen LogP) is 2.10. The molecule has 0 aliphatic rings. The van der Waals surface area contributed by atoms with Crippen molar-refractivity contribution in [1.82, 2.24) is 4.40 Å². The summed E-state index contributed by atoms with van der Waals surface area (Å²) >= 11 is 11.5. The number of methoxy groups -OCH3 is 1. The zero-order chi connectivity index (χ0) is 13.4. The quantitative estimate of drug-likeness (QED) is 0.816. The smallest absolute Gasteiger partial charge is 0.339 e. The van der Waals surface area contributed by atoms with Gasteiger partial charge in [0.25, 0.3) is 5.56 Å². The Hall–Kier alpha value is -1.72. The van der Waals surface area contributed by atoms with Crippen molar-refractivity contribution in [3.63, 3.8) is 0 Å². The van der Waals surface area contributed by atoms with Gasteiger partial charge in [0.15, 0.2) is 5.75 Å². The number of aromatic nitrogens is 1. The second kappa shape index (κ2) is 4.51. The third kappa shape index (κ3) is 1.81. The first-order valence-corrected chi connectivity index (χ1v) is 5.53. The van der Waals surface area contributed by atoms with Gasteiger partial charge < -0.3 is 9.84 Å². The first-order valence-electron chi connectivity index (χ1n) is 4.78. The van der Waals surface area contributed by atoms with Crippen LogP contribution in [0.1, 0.15) is 10.4 Å². The van der Waals surface area contributed by atoms with Gasteiger partial charge >= 0.3 is 5.97 Å². The number of rotatable bonds is 1. The Balaban J connectivity index is 2.86. The second-order valence-electron chi connectivity index (χ2n) is 3.45. The summed E-state index contributed by atoms with van der Waals surface area (Å²) in [6.07, 6.45) is 1.25. The maximum absolute atomic E-state index is 11.8. The molecule has 2 aromatic rings. The largest absolute Gasteiger partial charge is 0.505 e. The molecule has 0 amide bonds. The highest BCUT2D eigenvalue weighted by Gasteiger charge is 2.16. The molecule has 0 saturated heterocycles. The third-order valence-electron chi connectivity index (χ3n) is 2.42. The van der Waals surface area contributed by atoms with Crippen LogP contribution in [0.15, 0.2) is 23.1 Å². The Bertz CT molecular complexity index is 708. The number of pyridine rings is 2. The van der Waals surface area contributed by atoms with Crippen molar-refractivity contribution in [1.29, 1.82) is 0 Å². The van der Waals surface area contributed by atoms with Gasteiger partial charge in [-0.15, -0.1) is 0 Å². The Morgan fingerprint density at radius 2 is 2.00 bits per heavy atom. The van der Waals surface area contributed by atoms with Crippen LogP contribution < -0.4 is 5.56 Å². The predicted molar refractivity (Wildman–Crippen MR) is 66.7 cm³/mol. The van der Waals surface area contributed by atoms with Gasteiger partial charge in [0.05, 0.1) is 18.2 Å². The fourth-order valence-electron chi connectivity index (χ4n) is 1.51. The maximum atomic E-state index is 11.8. The Morgan fingerprint density at radius 1 is 1.33 bits per heavy atom. The van der Waals surface area contributed by atoms with Crippen LogP contribution in [0.5, 0.6) is 5.75 Å². The van der Waals surface area contributed by atoms with Crippen LogP contribution in [0, 0.1) is 0 Å². The number of fused-ring (bicyclic) bond motifs is 1. The summed E-state index contributed by atoms with van der Waals surface area (Å²) in [5.74, 6) is -1.07. The molecule has 0 aromatic carbocycles. The van der Waals surface area contributed by atoms with E-state index in [-0.39, 0.29) is 16.1 Å². The monoisotopic (exact) mass is 287 g/mol. The Morgan fingerprint density at radius 3 is 2.61 bits per heavy atom. The third-order valence-corrected chi connectivity index (χ3v) is 3.13. The van der Waals surface area contributed by atoms with Gasteiger partial charge in [-0.25, -0.2) is 4.79 Å². The number of hydrogen-bond donors (Lipinski definition) is 1. The molecule has 2 aromatic heterocycles. The topological polar surface area (TPSA) is 68.0 Å². The highest BCUT2D eigenvalue weighted by molar-refractivity contribution is 6.39.